The minimum absolute atomic E-state index is 0.235. The minimum Gasteiger partial charge on any atom is -0.384 e. The van der Waals surface area contributed by atoms with Gasteiger partial charge in [-0.3, -0.25) is 4.99 Å². The van der Waals surface area contributed by atoms with Gasteiger partial charge in [0.25, 0.3) is 0 Å². The summed E-state index contributed by atoms with van der Waals surface area (Å²) in [6.45, 7) is 0. The Morgan fingerprint density at radius 1 is 1.06 bits per heavy atom. The molecule has 0 radical (unpaired) electrons. The van der Waals surface area contributed by atoms with Crippen LogP contribution in [0, 0.1) is 5.82 Å². The molecule has 0 heterocycles. The van der Waals surface area contributed by atoms with E-state index in [0.717, 1.165) is 16.7 Å². The van der Waals surface area contributed by atoms with Gasteiger partial charge in [0, 0.05) is 12.6 Å². The third-order valence-corrected chi connectivity index (χ3v) is 2.58. The summed E-state index contributed by atoms with van der Waals surface area (Å²) in [6, 6.07) is 14.1. The lowest BCUT2D eigenvalue weighted by Gasteiger charge is -2.04. The lowest BCUT2D eigenvalue weighted by molar-refractivity contribution is 0.628. The van der Waals surface area contributed by atoms with Crippen molar-refractivity contribution in [1.82, 2.24) is 0 Å². The molecule has 0 aliphatic heterocycles. The number of hydrogen-bond acceptors (Lipinski definition) is 1. The quantitative estimate of drug-likeness (QED) is 0.623. The summed E-state index contributed by atoms with van der Waals surface area (Å²) in [7, 11) is 1.65. The molecule has 0 amide bonds. The van der Waals surface area contributed by atoms with Gasteiger partial charge in [-0.15, -0.1) is 0 Å². The molecule has 0 aliphatic rings. The number of hydrogen-bond donors (Lipinski definition) is 1. The van der Waals surface area contributed by atoms with Crippen molar-refractivity contribution < 1.29 is 4.39 Å². The van der Waals surface area contributed by atoms with E-state index in [9.17, 15) is 4.39 Å². The van der Waals surface area contributed by atoms with Gasteiger partial charge in [0.05, 0.1) is 0 Å². The second-order valence-corrected chi connectivity index (χ2v) is 3.70. The molecule has 86 valence electrons. The molecule has 2 rings (SSSR count). The van der Waals surface area contributed by atoms with Gasteiger partial charge < -0.3 is 5.73 Å². The highest BCUT2D eigenvalue weighted by Crippen LogP contribution is 2.20. The summed E-state index contributed by atoms with van der Waals surface area (Å²) >= 11 is 0. The van der Waals surface area contributed by atoms with Crippen molar-refractivity contribution in [2.24, 2.45) is 10.7 Å². The first kappa shape index (κ1) is 11.3. The van der Waals surface area contributed by atoms with Crippen molar-refractivity contribution >= 4 is 5.84 Å². The molecule has 0 aromatic heterocycles. The predicted molar refractivity (Wildman–Crippen MR) is 68.5 cm³/mol. The number of benzene rings is 2. The van der Waals surface area contributed by atoms with Crippen molar-refractivity contribution in [1.29, 1.82) is 0 Å². The molecule has 0 fully saturated rings. The summed E-state index contributed by atoms with van der Waals surface area (Å²) in [5, 5.41) is 0. The molecular formula is C14H13FN2. The average molecular weight is 228 g/mol. The van der Waals surface area contributed by atoms with Crippen molar-refractivity contribution in [2.45, 2.75) is 0 Å². The molecule has 0 saturated heterocycles. The van der Waals surface area contributed by atoms with Crippen LogP contribution in [-0.4, -0.2) is 12.9 Å². The summed E-state index contributed by atoms with van der Waals surface area (Å²) < 4.78 is 13.1. The maximum atomic E-state index is 13.1. The maximum absolute atomic E-state index is 13.1. The highest BCUT2D eigenvalue weighted by molar-refractivity contribution is 5.97. The van der Waals surface area contributed by atoms with Gasteiger partial charge in [0.15, 0.2) is 0 Å². The van der Waals surface area contributed by atoms with Crippen LogP contribution in [0.2, 0.25) is 0 Å². The Balaban J connectivity index is 2.36. The molecule has 2 aromatic rings. The van der Waals surface area contributed by atoms with Gasteiger partial charge in [0.1, 0.15) is 11.7 Å². The van der Waals surface area contributed by atoms with Crippen molar-refractivity contribution in [3.8, 4) is 11.1 Å². The fourth-order valence-corrected chi connectivity index (χ4v) is 1.63. The topological polar surface area (TPSA) is 38.4 Å². The summed E-state index contributed by atoms with van der Waals surface area (Å²) in [5.41, 5.74) is 8.37. The van der Waals surface area contributed by atoms with E-state index in [1.54, 1.807) is 13.1 Å². The lowest BCUT2D eigenvalue weighted by Crippen LogP contribution is -2.12. The highest BCUT2D eigenvalue weighted by Gasteiger charge is 2.01. The van der Waals surface area contributed by atoms with Crippen LogP contribution in [0.25, 0.3) is 11.1 Å². The number of halogens is 1. The van der Waals surface area contributed by atoms with Crippen LogP contribution in [0.4, 0.5) is 4.39 Å². The average Bonchev–Trinajstić information content (AvgIpc) is 2.38. The zero-order valence-corrected chi connectivity index (χ0v) is 9.52. The predicted octanol–water partition coefficient (Wildman–Crippen LogP) is 2.83. The standard InChI is InChI=1S/C14H13FN2/c1-17-14(16)11-7-5-10(6-8-11)12-3-2-4-13(15)9-12/h2-9H,1H3,(H2,16,17). The SMILES string of the molecule is CN=C(N)c1ccc(-c2cccc(F)c2)cc1. The summed E-state index contributed by atoms with van der Waals surface area (Å²) in [4.78, 5) is 3.91. The van der Waals surface area contributed by atoms with Gasteiger partial charge in [0.2, 0.25) is 0 Å². The van der Waals surface area contributed by atoms with E-state index in [1.807, 2.05) is 30.3 Å². The molecule has 0 bridgehead atoms. The third-order valence-electron chi connectivity index (χ3n) is 2.58. The van der Waals surface area contributed by atoms with Crippen LogP contribution >= 0.6 is 0 Å². The second kappa shape index (κ2) is 4.78. The van der Waals surface area contributed by atoms with E-state index in [4.69, 9.17) is 5.73 Å². The Morgan fingerprint density at radius 3 is 2.35 bits per heavy atom. The van der Waals surface area contributed by atoms with Crippen LogP contribution in [0.15, 0.2) is 53.5 Å². The summed E-state index contributed by atoms with van der Waals surface area (Å²) in [6.07, 6.45) is 0. The number of aliphatic imine (C=N–C) groups is 1. The molecule has 0 atom stereocenters. The normalized spacial score (nSPS) is 11.5. The van der Waals surface area contributed by atoms with Gasteiger partial charge >= 0.3 is 0 Å². The van der Waals surface area contributed by atoms with Crippen LogP contribution < -0.4 is 5.73 Å². The largest absolute Gasteiger partial charge is 0.384 e. The fraction of sp³-hybridized carbons (Fsp3) is 0.0714. The fourth-order valence-electron chi connectivity index (χ4n) is 1.63. The van der Waals surface area contributed by atoms with Crippen molar-refractivity contribution in [3.63, 3.8) is 0 Å². The molecule has 0 aliphatic carbocycles. The van der Waals surface area contributed by atoms with Gasteiger partial charge in [-0.25, -0.2) is 4.39 Å². The van der Waals surface area contributed by atoms with E-state index in [1.165, 1.54) is 12.1 Å². The number of rotatable bonds is 2. The van der Waals surface area contributed by atoms with Gasteiger partial charge in [-0.05, 0) is 23.3 Å². The monoisotopic (exact) mass is 228 g/mol. The van der Waals surface area contributed by atoms with Crippen molar-refractivity contribution in [3.05, 3.63) is 59.9 Å². The molecule has 2 nitrogen and oxygen atoms in total. The molecule has 17 heavy (non-hydrogen) atoms. The maximum Gasteiger partial charge on any atom is 0.125 e. The molecule has 0 unspecified atom stereocenters. The first-order valence-corrected chi connectivity index (χ1v) is 5.29. The Labute approximate surface area is 99.6 Å². The van der Waals surface area contributed by atoms with E-state index in [-0.39, 0.29) is 5.82 Å². The van der Waals surface area contributed by atoms with Crippen LogP contribution in [0.3, 0.4) is 0 Å². The van der Waals surface area contributed by atoms with E-state index in [0.29, 0.717) is 5.84 Å². The molecule has 2 aromatic carbocycles. The van der Waals surface area contributed by atoms with E-state index in [2.05, 4.69) is 4.99 Å². The molecule has 0 spiro atoms. The third kappa shape index (κ3) is 2.50. The minimum atomic E-state index is -0.235. The number of nitrogens with zero attached hydrogens (tertiary/aromatic N) is 1. The number of amidine groups is 1. The zero-order valence-electron chi connectivity index (χ0n) is 9.52. The van der Waals surface area contributed by atoms with Gasteiger partial charge in [-0.2, -0.15) is 0 Å². The van der Waals surface area contributed by atoms with Gasteiger partial charge in [-0.1, -0.05) is 36.4 Å². The zero-order chi connectivity index (χ0) is 12.3. The van der Waals surface area contributed by atoms with E-state index >= 15 is 0 Å². The Bertz CT molecular complexity index is 544. The van der Waals surface area contributed by atoms with Crippen LogP contribution in [0.5, 0.6) is 0 Å². The molecule has 3 heteroatoms. The van der Waals surface area contributed by atoms with E-state index < -0.39 is 0 Å². The van der Waals surface area contributed by atoms with Crippen LogP contribution in [-0.2, 0) is 0 Å². The highest BCUT2D eigenvalue weighted by atomic mass is 19.1. The molecular weight excluding hydrogens is 215 g/mol. The second-order valence-electron chi connectivity index (χ2n) is 3.70. The molecule has 2 N–H and O–H groups in total. The Hall–Kier alpha value is -2.16. The summed E-state index contributed by atoms with van der Waals surface area (Å²) in [5.74, 6) is 0.261. The van der Waals surface area contributed by atoms with Crippen molar-refractivity contribution in [2.75, 3.05) is 7.05 Å². The number of nitrogens with two attached hydrogens (primary N) is 1. The Morgan fingerprint density at radius 2 is 1.76 bits per heavy atom. The smallest absolute Gasteiger partial charge is 0.125 e. The lowest BCUT2D eigenvalue weighted by atomic mass is 10.0. The first-order valence-electron chi connectivity index (χ1n) is 5.29. The molecule has 0 saturated carbocycles. The first-order chi connectivity index (χ1) is 8.20. The van der Waals surface area contributed by atoms with Crippen LogP contribution in [0.1, 0.15) is 5.56 Å². The Kier molecular flexibility index (Phi) is 3.19.